The van der Waals surface area contributed by atoms with E-state index in [0.29, 0.717) is 19.5 Å². The van der Waals surface area contributed by atoms with Crippen LogP contribution in [0.25, 0.3) is 0 Å². The van der Waals surface area contributed by atoms with Gasteiger partial charge in [0.1, 0.15) is 9.77 Å². The van der Waals surface area contributed by atoms with Crippen molar-refractivity contribution < 1.29 is 22.7 Å². The van der Waals surface area contributed by atoms with E-state index in [2.05, 4.69) is 0 Å². The average Bonchev–Trinajstić information content (AvgIpc) is 3.09. The molecule has 3 rings (SSSR count). The molecule has 1 aromatic rings. The lowest BCUT2D eigenvalue weighted by Crippen LogP contribution is -2.39. The van der Waals surface area contributed by atoms with E-state index in [1.807, 2.05) is 0 Å². The summed E-state index contributed by atoms with van der Waals surface area (Å²) in [5, 5.41) is 6.64. The zero-order valence-corrected chi connectivity index (χ0v) is 13.4. The van der Waals surface area contributed by atoms with Crippen molar-refractivity contribution >= 4 is 33.4 Å². The number of rotatable bonds is 2. The molecule has 2 amide bonds. The van der Waals surface area contributed by atoms with Crippen molar-refractivity contribution in [2.45, 2.75) is 16.9 Å². The van der Waals surface area contributed by atoms with Gasteiger partial charge in [-0.05, 0) is 11.4 Å². The molecule has 0 aliphatic carbocycles. The van der Waals surface area contributed by atoms with Crippen molar-refractivity contribution in [1.29, 1.82) is 0 Å². The largest absolute Gasteiger partial charge is 0.439 e. The molecule has 1 atom stereocenters. The van der Waals surface area contributed by atoms with Crippen LogP contribution in [0.3, 0.4) is 0 Å². The van der Waals surface area contributed by atoms with Gasteiger partial charge in [0, 0.05) is 20.0 Å². The number of amides is 2. The first-order chi connectivity index (χ1) is 10.2. The highest BCUT2D eigenvalue weighted by Crippen LogP contribution is 2.33. The predicted octanol–water partition coefficient (Wildman–Crippen LogP) is 0.0622. The van der Waals surface area contributed by atoms with Crippen molar-refractivity contribution in [2.75, 3.05) is 26.7 Å². The monoisotopic (exact) mass is 345 g/mol. The summed E-state index contributed by atoms with van der Waals surface area (Å²) in [4.78, 5) is 27.0. The van der Waals surface area contributed by atoms with Crippen LogP contribution in [0.1, 0.15) is 16.1 Å². The van der Waals surface area contributed by atoms with Gasteiger partial charge in [0.05, 0.1) is 13.1 Å². The van der Waals surface area contributed by atoms with Gasteiger partial charge >= 0.3 is 6.09 Å². The number of thiophene rings is 1. The number of likely N-dealkylation sites (tertiary alicyclic amines) is 1. The maximum Gasteiger partial charge on any atom is 0.410 e. The minimum Gasteiger partial charge on any atom is -0.439 e. The standard InChI is InChI=1S/C12H15N3O5S2/c1-14-6-12(20-11(14)17)3-4-15(7-12)10(16)9-8(2-5-21-9)22(13,18)19/h2,5H,3-4,6-7H2,1H3,(H2,13,18,19)/t12-/m1/s1. The highest BCUT2D eigenvalue weighted by atomic mass is 32.2. The first-order valence-electron chi connectivity index (χ1n) is 6.56. The SMILES string of the molecule is CN1C[C@@]2(CCN(C(=O)c3sccc3S(N)(=O)=O)C2)OC1=O. The highest BCUT2D eigenvalue weighted by Gasteiger charge is 2.50. The van der Waals surface area contributed by atoms with Gasteiger partial charge < -0.3 is 14.5 Å². The first kappa shape index (κ1) is 15.3. The fourth-order valence-electron chi connectivity index (χ4n) is 2.84. The molecule has 0 aromatic carbocycles. The minimum absolute atomic E-state index is 0.0947. The summed E-state index contributed by atoms with van der Waals surface area (Å²) in [5.74, 6) is -0.401. The topological polar surface area (TPSA) is 110 Å². The van der Waals surface area contributed by atoms with E-state index in [4.69, 9.17) is 9.88 Å². The predicted molar refractivity (Wildman–Crippen MR) is 78.1 cm³/mol. The summed E-state index contributed by atoms with van der Waals surface area (Å²) < 4.78 is 28.4. The second-order valence-electron chi connectivity index (χ2n) is 5.54. The lowest BCUT2D eigenvalue weighted by atomic mass is 10.0. The Bertz CT molecular complexity index is 744. The average molecular weight is 345 g/mol. The van der Waals surface area contributed by atoms with E-state index in [9.17, 15) is 18.0 Å². The number of carbonyl (C=O) groups is 2. The highest BCUT2D eigenvalue weighted by molar-refractivity contribution is 7.89. The van der Waals surface area contributed by atoms with Crippen molar-refractivity contribution in [3.8, 4) is 0 Å². The van der Waals surface area contributed by atoms with Crippen LogP contribution in [-0.2, 0) is 14.8 Å². The molecular formula is C12H15N3O5S2. The number of nitrogens with zero attached hydrogens (tertiary/aromatic N) is 2. The number of nitrogens with two attached hydrogens (primary N) is 1. The normalized spacial score (nSPS) is 25.1. The van der Waals surface area contributed by atoms with Crippen LogP contribution < -0.4 is 5.14 Å². The molecule has 0 saturated carbocycles. The Morgan fingerprint density at radius 2 is 2.18 bits per heavy atom. The summed E-state index contributed by atoms with van der Waals surface area (Å²) in [6, 6.07) is 1.32. The first-order valence-corrected chi connectivity index (χ1v) is 8.98. The van der Waals surface area contributed by atoms with Crippen LogP contribution >= 0.6 is 11.3 Å². The quantitative estimate of drug-likeness (QED) is 0.815. The Kier molecular flexibility index (Phi) is 3.42. The van der Waals surface area contributed by atoms with Crippen LogP contribution in [0.4, 0.5) is 4.79 Å². The molecule has 3 heterocycles. The van der Waals surface area contributed by atoms with Gasteiger partial charge in [-0.15, -0.1) is 11.3 Å². The van der Waals surface area contributed by atoms with Crippen LogP contribution in [0.2, 0.25) is 0 Å². The maximum absolute atomic E-state index is 12.5. The number of ether oxygens (including phenoxy) is 1. The van der Waals surface area contributed by atoms with Crippen LogP contribution in [0, 0.1) is 0 Å². The third-order valence-corrected chi connectivity index (χ3v) is 5.86. The Labute approximate surface area is 131 Å². The summed E-state index contributed by atoms with van der Waals surface area (Å²) in [6.07, 6.45) is 0.126. The maximum atomic E-state index is 12.5. The van der Waals surface area contributed by atoms with Crippen molar-refractivity contribution in [3.05, 3.63) is 16.3 Å². The summed E-state index contributed by atoms with van der Waals surface area (Å²) >= 11 is 1.03. The molecular weight excluding hydrogens is 330 g/mol. The molecule has 2 aliphatic rings. The van der Waals surface area contributed by atoms with E-state index in [1.165, 1.54) is 21.2 Å². The van der Waals surface area contributed by atoms with Crippen molar-refractivity contribution in [2.24, 2.45) is 5.14 Å². The Hall–Kier alpha value is -1.65. The molecule has 2 aliphatic heterocycles. The number of likely N-dealkylation sites (N-methyl/N-ethyl adjacent to an activating group) is 1. The summed E-state index contributed by atoms with van der Waals surface area (Å²) in [5.41, 5.74) is -0.694. The molecule has 2 N–H and O–H groups in total. The fraction of sp³-hybridized carbons (Fsp3) is 0.500. The van der Waals surface area contributed by atoms with E-state index < -0.39 is 27.6 Å². The van der Waals surface area contributed by atoms with Crippen LogP contribution in [0.15, 0.2) is 16.3 Å². The Balaban J connectivity index is 1.81. The van der Waals surface area contributed by atoms with Gasteiger partial charge in [0.25, 0.3) is 5.91 Å². The lowest BCUT2D eigenvalue weighted by Gasteiger charge is -2.21. The van der Waals surface area contributed by atoms with Gasteiger partial charge in [-0.3, -0.25) is 4.79 Å². The van der Waals surface area contributed by atoms with E-state index in [-0.39, 0.29) is 16.3 Å². The second-order valence-corrected chi connectivity index (χ2v) is 7.99. The number of primary sulfonamides is 1. The van der Waals surface area contributed by atoms with Crippen LogP contribution in [-0.4, -0.2) is 62.5 Å². The molecule has 2 saturated heterocycles. The fourth-order valence-corrected chi connectivity index (χ4v) is 4.78. The third kappa shape index (κ3) is 2.46. The summed E-state index contributed by atoms with van der Waals surface area (Å²) in [7, 11) is -2.30. The molecule has 0 radical (unpaired) electrons. The molecule has 0 unspecified atom stereocenters. The molecule has 8 nitrogen and oxygen atoms in total. The lowest BCUT2D eigenvalue weighted by molar-refractivity contribution is 0.0553. The Morgan fingerprint density at radius 3 is 2.77 bits per heavy atom. The van der Waals surface area contributed by atoms with E-state index >= 15 is 0 Å². The van der Waals surface area contributed by atoms with Gasteiger partial charge in [0.2, 0.25) is 10.0 Å². The molecule has 22 heavy (non-hydrogen) atoms. The van der Waals surface area contributed by atoms with Crippen molar-refractivity contribution in [3.63, 3.8) is 0 Å². The third-order valence-electron chi connectivity index (χ3n) is 3.87. The molecule has 0 bridgehead atoms. The molecule has 1 spiro atoms. The molecule has 10 heteroatoms. The zero-order valence-electron chi connectivity index (χ0n) is 11.8. The van der Waals surface area contributed by atoms with Gasteiger partial charge in [-0.2, -0.15) is 0 Å². The zero-order chi connectivity index (χ0) is 16.1. The molecule has 120 valence electrons. The van der Waals surface area contributed by atoms with Crippen molar-refractivity contribution in [1.82, 2.24) is 9.80 Å². The Morgan fingerprint density at radius 1 is 1.45 bits per heavy atom. The van der Waals surface area contributed by atoms with Gasteiger partial charge in [-0.25, -0.2) is 18.4 Å². The number of carbonyl (C=O) groups excluding carboxylic acids is 2. The number of sulfonamides is 1. The van der Waals surface area contributed by atoms with Crippen LogP contribution in [0.5, 0.6) is 0 Å². The second kappa shape index (κ2) is 4.93. The molecule has 1 aromatic heterocycles. The van der Waals surface area contributed by atoms with Gasteiger partial charge in [0.15, 0.2) is 5.60 Å². The van der Waals surface area contributed by atoms with Gasteiger partial charge in [-0.1, -0.05) is 0 Å². The number of hydrogen-bond donors (Lipinski definition) is 1. The summed E-state index contributed by atoms with van der Waals surface area (Å²) in [6.45, 7) is 1.08. The van der Waals surface area contributed by atoms with E-state index in [1.54, 1.807) is 7.05 Å². The van der Waals surface area contributed by atoms with E-state index in [0.717, 1.165) is 11.3 Å². The minimum atomic E-state index is -3.94. The smallest absolute Gasteiger partial charge is 0.410 e. The molecule has 2 fully saturated rings. The number of hydrogen-bond acceptors (Lipinski definition) is 6.